The van der Waals surface area contributed by atoms with E-state index in [2.05, 4.69) is 30.2 Å². The minimum absolute atomic E-state index is 0.0106. The third kappa shape index (κ3) is 19.9. The highest BCUT2D eigenvalue weighted by Gasteiger charge is 2.27. The number of thiol groups is 1. The molecule has 0 bridgehead atoms. The molecule has 0 fully saturated rings. The lowest BCUT2D eigenvalue weighted by Crippen LogP contribution is -2.49. The van der Waals surface area contributed by atoms with E-state index in [0.717, 1.165) is 51.4 Å². The molecular formula is C30H49N3O10S. The van der Waals surface area contributed by atoms with Crippen LogP contribution < -0.4 is 16.4 Å². The molecule has 1 aliphatic carbocycles. The van der Waals surface area contributed by atoms with Crippen LogP contribution in [0.4, 0.5) is 0 Å². The number of ketones is 1. The molecule has 1 aliphatic rings. The summed E-state index contributed by atoms with van der Waals surface area (Å²) in [6, 6.07) is -2.15. The first kappa shape index (κ1) is 40.8. The van der Waals surface area contributed by atoms with Crippen LogP contribution in [0.2, 0.25) is 0 Å². The second kappa shape index (κ2) is 24.1. The van der Waals surface area contributed by atoms with Gasteiger partial charge < -0.3 is 36.8 Å². The highest BCUT2D eigenvalue weighted by atomic mass is 32.1. The Bertz CT molecular complexity index is 988. The van der Waals surface area contributed by atoms with Crippen LogP contribution in [0.25, 0.3) is 0 Å². The number of carbonyl (C=O) groups excluding carboxylic acids is 3. The number of aliphatic hydroxyl groups is 1. The summed E-state index contributed by atoms with van der Waals surface area (Å²) >= 11 is 3.87. The molecule has 8 N–H and O–H groups in total. The van der Waals surface area contributed by atoms with Crippen LogP contribution in [-0.4, -0.2) is 86.4 Å². The van der Waals surface area contributed by atoms with Gasteiger partial charge in [0.05, 0.1) is 6.10 Å². The number of amides is 2. The molecular weight excluding hydrogens is 594 g/mol. The Balaban J connectivity index is 0.000000856. The highest BCUT2D eigenvalue weighted by Crippen LogP contribution is 2.29. The fourth-order valence-electron chi connectivity index (χ4n) is 4.29. The zero-order chi connectivity index (χ0) is 33.5. The van der Waals surface area contributed by atoms with E-state index in [1.807, 2.05) is 18.2 Å². The second-order valence-corrected chi connectivity index (χ2v) is 11.0. The van der Waals surface area contributed by atoms with Gasteiger partial charge in [0, 0.05) is 30.4 Å². The second-order valence-electron chi connectivity index (χ2n) is 10.6. The van der Waals surface area contributed by atoms with Gasteiger partial charge in [-0.3, -0.25) is 28.8 Å². The number of nitrogens with one attached hydrogen (secondary N) is 2. The molecule has 44 heavy (non-hydrogen) atoms. The fourth-order valence-corrected chi connectivity index (χ4v) is 4.55. The molecule has 0 radical (unpaired) electrons. The lowest BCUT2D eigenvalue weighted by atomic mass is 9.88. The van der Waals surface area contributed by atoms with Crippen LogP contribution in [0.1, 0.15) is 84.0 Å². The zero-order valence-corrected chi connectivity index (χ0v) is 26.3. The van der Waals surface area contributed by atoms with Crippen LogP contribution in [0.15, 0.2) is 24.3 Å². The van der Waals surface area contributed by atoms with Gasteiger partial charge in [-0.25, -0.2) is 0 Å². The van der Waals surface area contributed by atoms with Crippen molar-refractivity contribution >= 4 is 48.1 Å². The van der Waals surface area contributed by atoms with Gasteiger partial charge >= 0.3 is 17.9 Å². The van der Waals surface area contributed by atoms with E-state index in [0.29, 0.717) is 6.42 Å². The van der Waals surface area contributed by atoms with Gasteiger partial charge in [-0.2, -0.15) is 12.6 Å². The smallest absolute Gasteiger partial charge is 0.322 e. The SMILES string of the molecule is CCCCC[C@H](O)/C=C/[C@H]1C=CC(=O)[C@@H]1CCCCCCC(=O)O.N[C@@H](CCC(=O)N[C@@H](CS)C(=O)NCC(=O)O)C(=O)O. The molecule has 0 aliphatic heterocycles. The molecule has 5 atom stereocenters. The lowest BCUT2D eigenvalue weighted by molar-refractivity contribution is -0.139. The van der Waals surface area contributed by atoms with Crippen molar-refractivity contribution in [2.45, 2.75) is 102 Å². The highest BCUT2D eigenvalue weighted by molar-refractivity contribution is 7.80. The predicted octanol–water partition coefficient (Wildman–Crippen LogP) is 2.07. The summed E-state index contributed by atoms with van der Waals surface area (Å²) in [5, 5.41) is 39.9. The summed E-state index contributed by atoms with van der Waals surface area (Å²) in [5.74, 6) is -4.19. The Morgan fingerprint density at radius 2 is 1.66 bits per heavy atom. The molecule has 0 aromatic heterocycles. The summed E-state index contributed by atoms with van der Waals surface area (Å²) in [4.78, 5) is 66.2. The molecule has 0 saturated carbocycles. The van der Waals surface area contributed by atoms with Crippen LogP contribution >= 0.6 is 12.6 Å². The topological polar surface area (TPSA) is 233 Å². The van der Waals surface area contributed by atoms with Gasteiger partial charge in [-0.15, -0.1) is 0 Å². The monoisotopic (exact) mass is 643 g/mol. The Kier molecular flexibility index (Phi) is 22.4. The van der Waals surface area contributed by atoms with E-state index < -0.39 is 54.5 Å². The predicted molar refractivity (Wildman–Crippen MR) is 167 cm³/mol. The Morgan fingerprint density at radius 3 is 2.25 bits per heavy atom. The van der Waals surface area contributed by atoms with Crippen LogP contribution in [0, 0.1) is 11.8 Å². The fraction of sp³-hybridized carbons (Fsp3) is 0.667. The maximum atomic E-state index is 12.0. The van der Waals surface area contributed by atoms with E-state index in [1.54, 1.807) is 6.08 Å². The van der Waals surface area contributed by atoms with Crippen LogP contribution in [0.5, 0.6) is 0 Å². The molecule has 14 heteroatoms. The zero-order valence-electron chi connectivity index (χ0n) is 25.4. The summed E-state index contributed by atoms with van der Waals surface area (Å²) < 4.78 is 0. The molecule has 250 valence electrons. The van der Waals surface area contributed by atoms with Crippen LogP contribution in [-0.2, 0) is 28.8 Å². The average Bonchev–Trinajstić information content (AvgIpc) is 3.32. The van der Waals surface area contributed by atoms with Crippen molar-refractivity contribution in [3.05, 3.63) is 24.3 Å². The maximum Gasteiger partial charge on any atom is 0.322 e. The molecule has 0 heterocycles. The van der Waals surface area contributed by atoms with Crippen molar-refractivity contribution in [2.75, 3.05) is 12.3 Å². The van der Waals surface area contributed by atoms with Crippen molar-refractivity contribution < 1.29 is 49.2 Å². The first-order chi connectivity index (χ1) is 20.8. The van der Waals surface area contributed by atoms with Crippen molar-refractivity contribution in [2.24, 2.45) is 17.6 Å². The van der Waals surface area contributed by atoms with E-state index in [9.17, 15) is 33.9 Å². The number of allylic oxidation sites excluding steroid dienone is 3. The van der Waals surface area contributed by atoms with E-state index >= 15 is 0 Å². The molecule has 0 saturated heterocycles. The quantitative estimate of drug-likeness (QED) is 0.0483. The van der Waals surface area contributed by atoms with E-state index in [1.165, 1.54) is 0 Å². The maximum absolute atomic E-state index is 12.0. The summed E-state index contributed by atoms with van der Waals surface area (Å²) in [6.07, 6.45) is 15.4. The number of aliphatic hydroxyl groups excluding tert-OH is 1. The summed E-state index contributed by atoms with van der Waals surface area (Å²) in [6.45, 7) is 1.58. The number of hydrogen-bond donors (Lipinski definition) is 8. The van der Waals surface area contributed by atoms with Gasteiger partial charge in [0.2, 0.25) is 11.8 Å². The number of hydrogen-bond acceptors (Lipinski definition) is 9. The van der Waals surface area contributed by atoms with Gasteiger partial charge in [0.25, 0.3) is 0 Å². The van der Waals surface area contributed by atoms with Gasteiger partial charge in [0.1, 0.15) is 18.6 Å². The molecule has 0 aromatic carbocycles. The third-order valence-corrected chi connectivity index (χ3v) is 7.24. The normalized spacial score (nSPS) is 17.8. The average molecular weight is 644 g/mol. The van der Waals surface area contributed by atoms with Crippen molar-refractivity contribution in [1.82, 2.24) is 10.6 Å². The summed E-state index contributed by atoms with van der Waals surface area (Å²) in [5.41, 5.74) is 5.23. The number of nitrogens with two attached hydrogens (primary N) is 1. The Hall–Kier alpha value is -3.23. The van der Waals surface area contributed by atoms with Crippen molar-refractivity contribution in [1.29, 1.82) is 0 Å². The van der Waals surface area contributed by atoms with E-state index in [4.69, 9.17) is 21.1 Å². The van der Waals surface area contributed by atoms with Crippen molar-refractivity contribution in [3.63, 3.8) is 0 Å². The molecule has 0 spiro atoms. The van der Waals surface area contributed by atoms with Crippen molar-refractivity contribution in [3.8, 4) is 0 Å². The Labute approximate surface area is 264 Å². The number of carboxylic acids is 3. The number of carboxylic acid groups (broad SMARTS) is 3. The molecule has 0 unspecified atom stereocenters. The largest absolute Gasteiger partial charge is 0.481 e. The number of aliphatic carboxylic acids is 3. The number of unbranched alkanes of at least 4 members (excludes halogenated alkanes) is 5. The number of carbonyl (C=O) groups is 6. The standard InChI is InChI=1S/C20H32O4.C10H17N3O6S/c1-2-3-6-9-17(21)14-12-16-13-15-19(22)18(16)10-7-4-5-8-11-20(23)24;11-5(10(18)19)1-2-7(14)13-6(4-20)9(17)12-3-8(15)16/h12-18,21H,2-11H2,1H3,(H,23,24);5-6,20H,1-4,11H2,(H,12,17)(H,13,14)(H,15,16)(H,18,19)/b14-12+;/t16-,17-,18+;5-,6-/m00/s1. The molecule has 13 nitrogen and oxygen atoms in total. The summed E-state index contributed by atoms with van der Waals surface area (Å²) in [7, 11) is 0. The first-order valence-corrected chi connectivity index (χ1v) is 15.6. The lowest BCUT2D eigenvalue weighted by Gasteiger charge is -2.16. The molecule has 2 amide bonds. The minimum atomic E-state index is -1.22. The third-order valence-electron chi connectivity index (χ3n) is 6.88. The number of rotatable bonds is 22. The van der Waals surface area contributed by atoms with Gasteiger partial charge in [0.15, 0.2) is 5.78 Å². The molecule has 1 rings (SSSR count). The van der Waals surface area contributed by atoms with E-state index in [-0.39, 0.29) is 42.6 Å². The van der Waals surface area contributed by atoms with Gasteiger partial charge in [-0.05, 0) is 31.8 Å². The van der Waals surface area contributed by atoms with Gasteiger partial charge in [-0.1, -0.05) is 63.7 Å². The van der Waals surface area contributed by atoms with Crippen LogP contribution in [0.3, 0.4) is 0 Å². The Morgan fingerprint density at radius 1 is 0.977 bits per heavy atom. The molecule has 0 aromatic rings. The minimum Gasteiger partial charge on any atom is -0.481 e. The first-order valence-electron chi connectivity index (χ1n) is 15.0.